The second-order valence-corrected chi connectivity index (χ2v) is 6.59. The summed E-state index contributed by atoms with van der Waals surface area (Å²) in [4.78, 5) is 23.9. The van der Waals surface area contributed by atoms with Crippen molar-refractivity contribution in [1.29, 1.82) is 0 Å². The molecule has 0 heterocycles. The lowest BCUT2D eigenvalue weighted by molar-refractivity contribution is -0.137. The number of amides is 2. The van der Waals surface area contributed by atoms with Crippen LogP contribution in [-0.2, 0) is 11.0 Å². The highest BCUT2D eigenvalue weighted by molar-refractivity contribution is 5.94. The van der Waals surface area contributed by atoms with Crippen LogP contribution in [0.4, 0.5) is 18.9 Å². The van der Waals surface area contributed by atoms with Gasteiger partial charge in [0.2, 0.25) is 0 Å². The molecule has 0 aliphatic heterocycles. The number of halogens is 3. The molecule has 0 spiro atoms. The fourth-order valence-electron chi connectivity index (χ4n) is 2.48. The number of rotatable bonds is 7. The third kappa shape index (κ3) is 5.73. The number of nitrogens with one attached hydrogen (secondary N) is 2. The molecule has 2 N–H and O–H groups in total. The summed E-state index contributed by atoms with van der Waals surface area (Å²) in [5.74, 6) is 0.200. The summed E-state index contributed by atoms with van der Waals surface area (Å²) in [6, 6.07) is 10.6. The van der Waals surface area contributed by atoms with Crippen LogP contribution in [0, 0.1) is 5.92 Å². The molecule has 0 unspecified atom stereocenters. The minimum absolute atomic E-state index is 0.0334. The number of alkyl halides is 3. The Morgan fingerprint density at radius 2 is 1.79 bits per heavy atom. The second-order valence-electron chi connectivity index (χ2n) is 6.59. The maximum atomic E-state index is 12.7. The van der Waals surface area contributed by atoms with Crippen molar-refractivity contribution in [1.82, 2.24) is 5.32 Å². The summed E-state index contributed by atoms with van der Waals surface area (Å²) >= 11 is 0. The first-order chi connectivity index (χ1) is 13.3. The highest BCUT2D eigenvalue weighted by Crippen LogP contribution is 2.30. The summed E-state index contributed by atoms with van der Waals surface area (Å²) in [6.07, 6.45) is -2.19. The quantitative estimate of drug-likeness (QED) is 0.752. The maximum absolute atomic E-state index is 12.7. The Morgan fingerprint density at radius 1 is 1.07 bits per heavy atom. The summed E-state index contributed by atoms with van der Waals surface area (Å²) in [6.45, 7) is 0.302. The molecule has 28 heavy (non-hydrogen) atoms. The zero-order valence-corrected chi connectivity index (χ0v) is 14.9. The fraction of sp³-hybridized carbons (Fsp3) is 0.300. The lowest BCUT2D eigenvalue weighted by Gasteiger charge is -2.11. The number of benzene rings is 2. The van der Waals surface area contributed by atoms with Crippen LogP contribution in [0.3, 0.4) is 0 Å². The summed E-state index contributed by atoms with van der Waals surface area (Å²) in [7, 11) is 0. The van der Waals surface area contributed by atoms with Crippen molar-refractivity contribution in [2.24, 2.45) is 5.92 Å². The van der Waals surface area contributed by atoms with E-state index in [1.165, 1.54) is 12.1 Å². The van der Waals surface area contributed by atoms with E-state index in [4.69, 9.17) is 4.74 Å². The Balaban J connectivity index is 1.48. The van der Waals surface area contributed by atoms with E-state index in [1.54, 1.807) is 24.3 Å². The molecule has 1 fully saturated rings. The molecule has 0 saturated heterocycles. The first-order valence-corrected chi connectivity index (χ1v) is 8.79. The van der Waals surface area contributed by atoms with E-state index in [-0.39, 0.29) is 18.2 Å². The van der Waals surface area contributed by atoms with Gasteiger partial charge in [-0.05, 0) is 61.2 Å². The van der Waals surface area contributed by atoms with Gasteiger partial charge in [-0.1, -0.05) is 6.07 Å². The smallest absolute Gasteiger partial charge is 0.416 e. The third-order valence-corrected chi connectivity index (χ3v) is 4.21. The SMILES string of the molecule is O=C(COc1ccc(C(=O)NCC2CC2)cc1)Nc1cccc(C(F)(F)F)c1. The molecule has 0 atom stereocenters. The predicted molar refractivity (Wildman–Crippen MR) is 97.1 cm³/mol. The molecule has 148 valence electrons. The van der Waals surface area contributed by atoms with Crippen molar-refractivity contribution >= 4 is 17.5 Å². The van der Waals surface area contributed by atoms with Gasteiger partial charge in [-0.2, -0.15) is 13.2 Å². The average Bonchev–Trinajstić information content (AvgIpc) is 3.49. The topological polar surface area (TPSA) is 67.4 Å². The van der Waals surface area contributed by atoms with Crippen LogP contribution < -0.4 is 15.4 Å². The normalized spacial score (nSPS) is 13.7. The van der Waals surface area contributed by atoms with Crippen LogP contribution in [0.1, 0.15) is 28.8 Å². The van der Waals surface area contributed by atoms with Gasteiger partial charge in [0.15, 0.2) is 6.61 Å². The number of anilines is 1. The highest BCUT2D eigenvalue weighted by atomic mass is 19.4. The van der Waals surface area contributed by atoms with Gasteiger partial charge in [0.1, 0.15) is 5.75 Å². The summed E-state index contributed by atoms with van der Waals surface area (Å²) < 4.78 is 43.4. The van der Waals surface area contributed by atoms with Gasteiger partial charge in [-0.3, -0.25) is 9.59 Å². The van der Waals surface area contributed by atoms with Gasteiger partial charge in [-0.25, -0.2) is 0 Å². The van der Waals surface area contributed by atoms with Gasteiger partial charge >= 0.3 is 6.18 Å². The minimum atomic E-state index is -4.48. The Morgan fingerprint density at radius 3 is 2.43 bits per heavy atom. The third-order valence-electron chi connectivity index (χ3n) is 4.21. The Labute approximate surface area is 159 Å². The molecule has 2 amide bonds. The second kappa shape index (κ2) is 8.33. The van der Waals surface area contributed by atoms with Crippen LogP contribution in [0.25, 0.3) is 0 Å². The van der Waals surface area contributed by atoms with Gasteiger partial charge in [0.25, 0.3) is 11.8 Å². The van der Waals surface area contributed by atoms with E-state index in [0.717, 1.165) is 25.0 Å². The Bertz CT molecular complexity index is 847. The maximum Gasteiger partial charge on any atom is 0.416 e. The summed E-state index contributed by atoms with van der Waals surface area (Å²) in [5.41, 5.74) is -0.325. The number of hydrogen-bond acceptors (Lipinski definition) is 3. The van der Waals surface area contributed by atoms with Crippen molar-refractivity contribution in [2.45, 2.75) is 19.0 Å². The van der Waals surface area contributed by atoms with Crippen molar-refractivity contribution < 1.29 is 27.5 Å². The lowest BCUT2D eigenvalue weighted by atomic mass is 10.2. The van der Waals surface area contributed by atoms with Gasteiger partial charge in [-0.15, -0.1) is 0 Å². The molecule has 0 aromatic heterocycles. The number of carbonyl (C=O) groups excluding carboxylic acids is 2. The van der Waals surface area contributed by atoms with Crippen molar-refractivity contribution in [3.05, 3.63) is 59.7 Å². The predicted octanol–water partition coefficient (Wildman–Crippen LogP) is 3.86. The first kappa shape index (κ1) is 19.7. The number of hydrogen-bond donors (Lipinski definition) is 2. The zero-order valence-electron chi connectivity index (χ0n) is 14.9. The molecule has 8 heteroatoms. The number of ether oxygens (including phenoxy) is 1. The van der Waals surface area contributed by atoms with E-state index in [2.05, 4.69) is 10.6 Å². The van der Waals surface area contributed by atoms with E-state index in [1.807, 2.05) is 0 Å². The molecule has 1 saturated carbocycles. The van der Waals surface area contributed by atoms with Crippen LogP contribution in [0.5, 0.6) is 5.75 Å². The number of carbonyl (C=O) groups is 2. The van der Waals surface area contributed by atoms with Gasteiger partial charge < -0.3 is 15.4 Å². The molecule has 2 aromatic carbocycles. The van der Waals surface area contributed by atoms with Crippen LogP contribution in [0.15, 0.2) is 48.5 Å². The molecule has 0 radical (unpaired) electrons. The molecular formula is C20H19F3N2O3. The monoisotopic (exact) mass is 392 g/mol. The molecule has 0 bridgehead atoms. The van der Waals surface area contributed by atoms with E-state index in [9.17, 15) is 22.8 Å². The highest BCUT2D eigenvalue weighted by Gasteiger charge is 2.30. The zero-order chi connectivity index (χ0) is 20.1. The standard InChI is InChI=1S/C20H19F3N2O3/c21-20(22,23)15-2-1-3-16(10-15)25-18(26)12-28-17-8-6-14(7-9-17)19(27)24-11-13-4-5-13/h1-3,6-10,13H,4-5,11-12H2,(H,24,27)(H,25,26). The van der Waals surface area contributed by atoms with Crippen LogP contribution in [0.2, 0.25) is 0 Å². The van der Waals surface area contributed by atoms with Gasteiger partial charge in [0, 0.05) is 17.8 Å². The van der Waals surface area contributed by atoms with Crippen molar-refractivity contribution in [3.8, 4) is 5.75 Å². The van der Waals surface area contributed by atoms with Crippen LogP contribution >= 0.6 is 0 Å². The van der Waals surface area contributed by atoms with Gasteiger partial charge in [0.05, 0.1) is 5.56 Å². The van der Waals surface area contributed by atoms with Crippen molar-refractivity contribution in [2.75, 3.05) is 18.5 Å². The van der Waals surface area contributed by atoms with Crippen molar-refractivity contribution in [3.63, 3.8) is 0 Å². The summed E-state index contributed by atoms with van der Waals surface area (Å²) in [5, 5.41) is 5.21. The largest absolute Gasteiger partial charge is 0.484 e. The molecule has 5 nitrogen and oxygen atoms in total. The Hall–Kier alpha value is -3.03. The minimum Gasteiger partial charge on any atom is -0.484 e. The van der Waals surface area contributed by atoms with Crippen LogP contribution in [-0.4, -0.2) is 25.0 Å². The van der Waals surface area contributed by atoms with E-state index in [0.29, 0.717) is 23.8 Å². The first-order valence-electron chi connectivity index (χ1n) is 8.79. The molecule has 1 aliphatic rings. The molecule has 3 rings (SSSR count). The van der Waals surface area contributed by atoms with E-state index < -0.39 is 17.6 Å². The molecule has 1 aliphatic carbocycles. The van der Waals surface area contributed by atoms with E-state index >= 15 is 0 Å². The fourth-order valence-corrected chi connectivity index (χ4v) is 2.48. The molecular weight excluding hydrogens is 373 g/mol. The Kier molecular flexibility index (Phi) is 5.87. The molecule has 2 aromatic rings. The lowest BCUT2D eigenvalue weighted by Crippen LogP contribution is -2.25. The average molecular weight is 392 g/mol.